The maximum atomic E-state index is 12.3. The minimum absolute atomic E-state index is 0.0975. The number of carbonyl (C=O) groups excluding carboxylic acids is 1. The van der Waals surface area contributed by atoms with Gasteiger partial charge >= 0.3 is 12.1 Å². The summed E-state index contributed by atoms with van der Waals surface area (Å²) in [4.78, 5) is 10.8. The molecule has 1 fully saturated rings. The zero-order valence-electron chi connectivity index (χ0n) is 11.6. The van der Waals surface area contributed by atoms with Crippen LogP contribution in [0.5, 0.6) is 0 Å². The molecule has 1 heterocycles. The number of rotatable bonds is 4. The van der Waals surface area contributed by atoms with Gasteiger partial charge < -0.3 is 5.32 Å². The number of sulfonamides is 1. The number of amides is 1. The Labute approximate surface area is 126 Å². The zero-order valence-corrected chi connectivity index (χ0v) is 12.4. The first-order valence-electron chi connectivity index (χ1n) is 6.65. The van der Waals surface area contributed by atoms with Crippen LogP contribution >= 0.6 is 0 Å². The van der Waals surface area contributed by atoms with E-state index in [1.54, 1.807) is 5.32 Å². The van der Waals surface area contributed by atoms with Crippen molar-refractivity contribution in [2.45, 2.75) is 30.5 Å². The van der Waals surface area contributed by atoms with Crippen LogP contribution in [0.1, 0.15) is 18.4 Å². The van der Waals surface area contributed by atoms with E-state index in [4.69, 9.17) is 0 Å². The molecule has 0 bridgehead atoms. The molecule has 0 atom stereocenters. The van der Waals surface area contributed by atoms with Crippen LogP contribution in [-0.2, 0) is 21.4 Å². The maximum Gasteiger partial charge on any atom is 0.471 e. The third kappa shape index (κ3) is 3.77. The van der Waals surface area contributed by atoms with Gasteiger partial charge in [0.2, 0.25) is 10.0 Å². The molecule has 0 aromatic heterocycles. The van der Waals surface area contributed by atoms with Gasteiger partial charge in [-0.2, -0.15) is 17.5 Å². The Kier molecular flexibility index (Phi) is 4.76. The van der Waals surface area contributed by atoms with Crippen molar-refractivity contribution in [3.05, 3.63) is 29.8 Å². The number of hydrogen-bond donors (Lipinski definition) is 1. The normalized spacial score (nSPS) is 16.7. The highest BCUT2D eigenvalue weighted by Crippen LogP contribution is 2.21. The number of halogens is 3. The Balaban J connectivity index is 2.03. The van der Waals surface area contributed by atoms with Gasteiger partial charge in [-0.05, 0) is 30.5 Å². The van der Waals surface area contributed by atoms with E-state index in [-0.39, 0.29) is 11.4 Å². The first-order valence-corrected chi connectivity index (χ1v) is 8.09. The van der Waals surface area contributed by atoms with Gasteiger partial charge in [0.1, 0.15) is 0 Å². The number of hydrogen-bond acceptors (Lipinski definition) is 3. The van der Waals surface area contributed by atoms with Crippen molar-refractivity contribution in [1.29, 1.82) is 0 Å². The molecule has 22 heavy (non-hydrogen) atoms. The molecule has 2 rings (SSSR count). The number of nitrogens with one attached hydrogen (secondary N) is 1. The summed E-state index contributed by atoms with van der Waals surface area (Å²) in [7, 11) is -3.54. The van der Waals surface area contributed by atoms with E-state index >= 15 is 0 Å². The quantitative estimate of drug-likeness (QED) is 0.909. The second kappa shape index (κ2) is 6.25. The summed E-state index contributed by atoms with van der Waals surface area (Å²) in [6.45, 7) is 0.639. The topological polar surface area (TPSA) is 66.5 Å². The largest absolute Gasteiger partial charge is 0.471 e. The van der Waals surface area contributed by atoms with E-state index in [9.17, 15) is 26.4 Å². The first kappa shape index (κ1) is 16.8. The molecule has 1 amide bonds. The Morgan fingerprint density at radius 3 is 2.18 bits per heavy atom. The molecule has 1 aliphatic rings. The lowest BCUT2D eigenvalue weighted by molar-refractivity contribution is -0.173. The van der Waals surface area contributed by atoms with E-state index in [0.29, 0.717) is 18.7 Å². The Hall–Kier alpha value is -1.61. The highest BCUT2D eigenvalue weighted by atomic mass is 32.2. The maximum absolute atomic E-state index is 12.3. The highest BCUT2D eigenvalue weighted by molar-refractivity contribution is 7.89. The van der Waals surface area contributed by atoms with Crippen LogP contribution in [0.2, 0.25) is 0 Å². The molecule has 9 heteroatoms. The summed E-state index contributed by atoms with van der Waals surface area (Å²) >= 11 is 0. The Bertz CT molecular complexity index is 635. The van der Waals surface area contributed by atoms with E-state index in [1.165, 1.54) is 28.6 Å². The van der Waals surface area contributed by atoms with Gasteiger partial charge in [-0.1, -0.05) is 12.1 Å². The predicted molar refractivity (Wildman–Crippen MR) is 72.3 cm³/mol. The first-order chi connectivity index (χ1) is 10.2. The van der Waals surface area contributed by atoms with Crippen molar-refractivity contribution in [2.24, 2.45) is 0 Å². The van der Waals surface area contributed by atoms with Crippen LogP contribution in [0.15, 0.2) is 29.2 Å². The van der Waals surface area contributed by atoms with Gasteiger partial charge in [0.05, 0.1) is 4.90 Å². The fourth-order valence-corrected chi connectivity index (χ4v) is 3.66. The molecule has 0 radical (unpaired) electrons. The number of carbonyl (C=O) groups is 1. The van der Waals surface area contributed by atoms with E-state index in [1.807, 2.05) is 0 Å². The molecular formula is C13H15F3N2O3S. The molecule has 0 saturated carbocycles. The lowest BCUT2D eigenvalue weighted by atomic mass is 10.2. The van der Waals surface area contributed by atoms with Crippen molar-refractivity contribution >= 4 is 15.9 Å². The summed E-state index contributed by atoms with van der Waals surface area (Å²) in [6, 6.07) is 5.45. The Morgan fingerprint density at radius 1 is 1.14 bits per heavy atom. The molecular weight excluding hydrogens is 321 g/mol. The predicted octanol–water partition coefficient (Wildman–Crippen LogP) is 1.65. The molecule has 0 unspecified atom stereocenters. The summed E-state index contributed by atoms with van der Waals surface area (Å²) in [6.07, 6.45) is -3.29. The minimum atomic E-state index is -4.93. The fraction of sp³-hybridized carbons (Fsp3) is 0.462. The average molecular weight is 336 g/mol. The zero-order chi connectivity index (χ0) is 16.4. The lowest BCUT2D eigenvalue weighted by Crippen LogP contribution is -2.36. The van der Waals surface area contributed by atoms with Crippen molar-refractivity contribution in [3.8, 4) is 0 Å². The van der Waals surface area contributed by atoms with Crippen LogP contribution in [0, 0.1) is 0 Å². The van der Waals surface area contributed by atoms with Crippen molar-refractivity contribution in [3.63, 3.8) is 0 Å². The molecule has 1 saturated heterocycles. The summed E-state index contributed by atoms with van der Waals surface area (Å²) < 4.78 is 62.0. The monoisotopic (exact) mass is 336 g/mol. The summed E-state index contributed by atoms with van der Waals surface area (Å²) in [5, 5.41) is 1.73. The van der Waals surface area contributed by atoms with Gasteiger partial charge in [0, 0.05) is 19.6 Å². The van der Waals surface area contributed by atoms with Gasteiger partial charge in [0.25, 0.3) is 0 Å². The van der Waals surface area contributed by atoms with Gasteiger partial charge in [0.15, 0.2) is 0 Å². The van der Waals surface area contributed by atoms with Crippen LogP contribution < -0.4 is 5.32 Å². The smallest absolute Gasteiger partial charge is 0.344 e. The van der Waals surface area contributed by atoms with Gasteiger partial charge in [-0.15, -0.1) is 0 Å². The second-order valence-corrected chi connectivity index (χ2v) is 6.87. The fourth-order valence-electron chi connectivity index (χ4n) is 2.14. The van der Waals surface area contributed by atoms with Crippen LogP contribution in [0.25, 0.3) is 0 Å². The second-order valence-electron chi connectivity index (χ2n) is 4.94. The average Bonchev–Trinajstić information content (AvgIpc) is 2.99. The molecule has 1 aliphatic heterocycles. The molecule has 0 spiro atoms. The number of alkyl halides is 3. The third-order valence-corrected chi connectivity index (χ3v) is 5.25. The standard InChI is InChI=1S/C13H15F3N2O3S/c14-13(15,16)12(19)17-9-10-3-5-11(6-4-10)22(20,21)18-7-1-2-8-18/h3-6H,1-2,7-9H2,(H,17,19). The van der Waals surface area contributed by atoms with Crippen LogP contribution in [0.3, 0.4) is 0 Å². The SMILES string of the molecule is O=C(NCc1ccc(S(=O)(=O)N2CCCC2)cc1)C(F)(F)F. The molecule has 0 aliphatic carbocycles. The van der Waals surface area contributed by atoms with Crippen molar-refractivity contribution in [2.75, 3.05) is 13.1 Å². The third-order valence-electron chi connectivity index (χ3n) is 3.34. The van der Waals surface area contributed by atoms with Crippen LogP contribution in [-0.4, -0.2) is 37.9 Å². The number of benzene rings is 1. The Morgan fingerprint density at radius 2 is 1.68 bits per heavy atom. The van der Waals surface area contributed by atoms with E-state index in [0.717, 1.165) is 12.8 Å². The molecule has 5 nitrogen and oxygen atoms in total. The number of nitrogens with zero attached hydrogens (tertiary/aromatic N) is 1. The lowest BCUT2D eigenvalue weighted by Gasteiger charge is -2.15. The van der Waals surface area contributed by atoms with E-state index in [2.05, 4.69) is 0 Å². The van der Waals surface area contributed by atoms with E-state index < -0.39 is 22.1 Å². The van der Waals surface area contributed by atoms with Crippen molar-refractivity contribution in [1.82, 2.24) is 9.62 Å². The minimum Gasteiger partial charge on any atom is -0.344 e. The van der Waals surface area contributed by atoms with Crippen molar-refractivity contribution < 1.29 is 26.4 Å². The summed E-state index contributed by atoms with van der Waals surface area (Å²) in [5.41, 5.74) is 0.387. The van der Waals surface area contributed by atoms with Gasteiger partial charge in [-0.3, -0.25) is 4.79 Å². The summed E-state index contributed by atoms with van der Waals surface area (Å²) in [5.74, 6) is -2.03. The molecule has 122 valence electrons. The molecule has 1 N–H and O–H groups in total. The van der Waals surface area contributed by atoms with Gasteiger partial charge in [-0.25, -0.2) is 8.42 Å². The highest BCUT2D eigenvalue weighted by Gasteiger charge is 2.38. The van der Waals surface area contributed by atoms with Crippen LogP contribution in [0.4, 0.5) is 13.2 Å². The molecule has 1 aromatic carbocycles. The molecule has 1 aromatic rings.